The zero-order valence-corrected chi connectivity index (χ0v) is 16.3. The van der Waals surface area contributed by atoms with Gasteiger partial charge in [-0.25, -0.2) is 4.79 Å². The molecule has 2 aromatic carbocycles. The van der Waals surface area contributed by atoms with Gasteiger partial charge in [-0.05, 0) is 35.1 Å². The van der Waals surface area contributed by atoms with Crippen molar-refractivity contribution in [3.05, 3.63) is 74.8 Å². The van der Waals surface area contributed by atoms with Crippen LogP contribution in [0.25, 0.3) is 0 Å². The van der Waals surface area contributed by atoms with Crippen molar-refractivity contribution in [2.75, 3.05) is 6.54 Å². The molecule has 2 aromatic rings. The first kappa shape index (κ1) is 20.7. The van der Waals surface area contributed by atoms with Gasteiger partial charge in [0, 0.05) is 23.7 Å². The number of nitrogens with zero attached hydrogens (tertiary/aromatic N) is 2. The third-order valence-electron chi connectivity index (χ3n) is 4.30. The molecule has 1 unspecified atom stereocenters. The average molecular weight is 391 g/mol. The molecule has 2 rings (SSSR count). The second kappa shape index (κ2) is 8.39. The minimum atomic E-state index is -1.07. The van der Waals surface area contributed by atoms with E-state index < -0.39 is 22.5 Å². The minimum Gasteiger partial charge on any atom is -0.465 e. The molecule has 144 valence electrons. The molecule has 27 heavy (non-hydrogen) atoms. The van der Waals surface area contributed by atoms with Crippen molar-refractivity contribution in [3.8, 4) is 0 Å². The van der Waals surface area contributed by atoms with Gasteiger partial charge in [-0.1, -0.05) is 56.6 Å². The summed E-state index contributed by atoms with van der Waals surface area (Å²) >= 11 is 6.01. The number of nitro groups is 1. The van der Waals surface area contributed by atoms with E-state index in [1.165, 1.54) is 17.0 Å². The average Bonchev–Trinajstić information content (AvgIpc) is 2.57. The van der Waals surface area contributed by atoms with E-state index in [2.05, 4.69) is 0 Å². The molecule has 1 N–H and O–H groups in total. The molecule has 1 amide bonds. The molecule has 0 bridgehead atoms. The number of hydrogen-bond acceptors (Lipinski definition) is 3. The van der Waals surface area contributed by atoms with Gasteiger partial charge in [0.2, 0.25) is 0 Å². The molecule has 0 heterocycles. The number of nitro benzene ring substituents is 1. The van der Waals surface area contributed by atoms with Crippen molar-refractivity contribution >= 4 is 23.4 Å². The maximum Gasteiger partial charge on any atom is 0.407 e. The second-order valence-corrected chi connectivity index (χ2v) is 7.91. The lowest BCUT2D eigenvalue weighted by Gasteiger charge is -2.39. The summed E-state index contributed by atoms with van der Waals surface area (Å²) in [7, 11) is 0. The first-order valence-electron chi connectivity index (χ1n) is 8.58. The van der Waals surface area contributed by atoms with Crippen molar-refractivity contribution < 1.29 is 14.8 Å². The van der Waals surface area contributed by atoms with Gasteiger partial charge < -0.3 is 10.0 Å². The summed E-state index contributed by atoms with van der Waals surface area (Å²) in [6.45, 7) is 6.02. The Morgan fingerprint density at radius 3 is 2.44 bits per heavy atom. The first-order chi connectivity index (χ1) is 12.6. The smallest absolute Gasteiger partial charge is 0.407 e. The van der Waals surface area contributed by atoms with Gasteiger partial charge in [0.25, 0.3) is 5.69 Å². The molecular formula is C20H23ClN2O4. The monoisotopic (exact) mass is 390 g/mol. The van der Waals surface area contributed by atoms with Gasteiger partial charge >= 0.3 is 6.09 Å². The number of hydrogen-bond donors (Lipinski definition) is 1. The number of non-ortho nitro benzene ring substituents is 1. The van der Waals surface area contributed by atoms with Crippen molar-refractivity contribution in [2.24, 2.45) is 5.41 Å². The Bertz CT molecular complexity index is 833. The highest BCUT2D eigenvalue weighted by Gasteiger charge is 2.35. The minimum absolute atomic E-state index is 0.0538. The highest BCUT2D eigenvalue weighted by molar-refractivity contribution is 6.30. The normalized spacial score (nSPS) is 12.4. The molecule has 0 saturated carbocycles. The molecule has 0 saturated heterocycles. The maximum absolute atomic E-state index is 12.0. The van der Waals surface area contributed by atoms with Crippen molar-refractivity contribution in [1.82, 2.24) is 4.90 Å². The Morgan fingerprint density at radius 1 is 1.22 bits per heavy atom. The molecular weight excluding hydrogens is 368 g/mol. The lowest BCUT2D eigenvalue weighted by atomic mass is 9.81. The van der Waals surface area contributed by atoms with Crippen LogP contribution in [0.3, 0.4) is 0 Å². The van der Waals surface area contributed by atoms with E-state index in [0.717, 1.165) is 5.56 Å². The SMILES string of the molecule is CC(C)(C)C(c1cccc([N+](=O)[O-])c1)N(CCc1cccc(Cl)c1)C(=O)O. The molecule has 0 aliphatic rings. The zero-order chi connectivity index (χ0) is 20.2. The predicted molar refractivity (Wildman–Crippen MR) is 105 cm³/mol. The Hall–Kier alpha value is -2.60. The van der Waals surface area contributed by atoms with Crippen LogP contribution in [-0.4, -0.2) is 27.6 Å². The number of carboxylic acid groups (broad SMARTS) is 1. The van der Waals surface area contributed by atoms with Crippen LogP contribution in [0.1, 0.15) is 37.9 Å². The molecule has 0 aliphatic heterocycles. The van der Waals surface area contributed by atoms with Gasteiger partial charge in [-0.3, -0.25) is 10.1 Å². The van der Waals surface area contributed by atoms with E-state index in [1.54, 1.807) is 24.3 Å². The van der Waals surface area contributed by atoms with Gasteiger partial charge in [0.1, 0.15) is 0 Å². The summed E-state index contributed by atoms with van der Waals surface area (Å²) in [4.78, 5) is 24.0. The fourth-order valence-corrected chi connectivity index (χ4v) is 3.45. The molecule has 0 spiro atoms. The van der Waals surface area contributed by atoms with Crippen LogP contribution in [0.15, 0.2) is 48.5 Å². The molecule has 0 aliphatic carbocycles. The predicted octanol–water partition coefficient (Wildman–Crippen LogP) is 5.56. The van der Waals surface area contributed by atoms with Crippen molar-refractivity contribution in [2.45, 2.75) is 33.2 Å². The van der Waals surface area contributed by atoms with Crippen LogP contribution in [0.4, 0.5) is 10.5 Å². The number of amides is 1. The molecule has 7 heteroatoms. The number of benzene rings is 2. The van der Waals surface area contributed by atoms with E-state index in [4.69, 9.17) is 11.6 Å². The van der Waals surface area contributed by atoms with Crippen molar-refractivity contribution in [1.29, 1.82) is 0 Å². The summed E-state index contributed by atoms with van der Waals surface area (Å²) in [5.41, 5.74) is 1.02. The lowest BCUT2D eigenvalue weighted by Crippen LogP contribution is -2.41. The number of carbonyl (C=O) groups is 1. The molecule has 0 radical (unpaired) electrons. The van der Waals surface area contributed by atoms with E-state index in [1.807, 2.05) is 32.9 Å². The van der Waals surface area contributed by atoms with Crippen LogP contribution in [0, 0.1) is 15.5 Å². The Balaban J connectivity index is 2.37. The third kappa shape index (κ3) is 5.44. The molecule has 0 aromatic heterocycles. The summed E-state index contributed by atoms with van der Waals surface area (Å²) in [6, 6.07) is 12.9. The Kier molecular flexibility index (Phi) is 6.44. The summed E-state index contributed by atoms with van der Waals surface area (Å²) in [5.74, 6) is 0. The number of halogens is 1. The zero-order valence-electron chi connectivity index (χ0n) is 15.6. The van der Waals surface area contributed by atoms with E-state index >= 15 is 0 Å². The summed E-state index contributed by atoms with van der Waals surface area (Å²) in [5, 5.41) is 21.6. The van der Waals surface area contributed by atoms with Crippen LogP contribution >= 0.6 is 11.6 Å². The fourth-order valence-electron chi connectivity index (χ4n) is 3.23. The molecule has 0 fully saturated rings. The lowest BCUT2D eigenvalue weighted by molar-refractivity contribution is -0.385. The van der Waals surface area contributed by atoms with Gasteiger partial charge in [-0.2, -0.15) is 0 Å². The van der Waals surface area contributed by atoms with E-state index in [9.17, 15) is 20.0 Å². The maximum atomic E-state index is 12.0. The van der Waals surface area contributed by atoms with Crippen molar-refractivity contribution in [3.63, 3.8) is 0 Å². The highest BCUT2D eigenvalue weighted by atomic mass is 35.5. The van der Waals surface area contributed by atoms with Gasteiger partial charge in [0.05, 0.1) is 11.0 Å². The molecule has 1 atom stereocenters. The van der Waals surface area contributed by atoms with Crippen LogP contribution in [0.5, 0.6) is 0 Å². The number of rotatable bonds is 6. The van der Waals surface area contributed by atoms with Crippen LogP contribution in [-0.2, 0) is 6.42 Å². The van der Waals surface area contributed by atoms with Gasteiger partial charge in [0.15, 0.2) is 0 Å². The first-order valence-corrected chi connectivity index (χ1v) is 8.96. The fraction of sp³-hybridized carbons (Fsp3) is 0.350. The van der Waals surface area contributed by atoms with E-state index in [0.29, 0.717) is 17.0 Å². The highest BCUT2D eigenvalue weighted by Crippen LogP contribution is 2.39. The topological polar surface area (TPSA) is 83.7 Å². The van der Waals surface area contributed by atoms with E-state index in [-0.39, 0.29) is 12.2 Å². The quantitative estimate of drug-likeness (QED) is 0.517. The van der Waals surface area contributed by atoms with Gasteiger partial charge in [-0.15, -0.1) is 0 Å². The standard InChI is InChI=1S/C20H23ClN2O4/c1-20(2,3)18(15-7-5-9-17(13-15)23(26)27)22(19(24)25)11-10-14-6-4-8-16(21)12-14/h4-9,12-13,18H,10-11H2,1-3H3,(H,24,25). The summed E-state index contributed by atoms with van der Waals surface area (Å²) in [6.07, 6.45) is -0.572. The molecule has 6 nitrogen and oxygen atoms in total. The largest absolute Gasteiger partial charge is 0.465 e. The Morgan fingerprint density at radius 2 is 1.89 bits per heavy atom. The second-order valence-electron chi connectivity index (χ2n) is 7.48. The Labute approximate surface area is 163 Å². The van der Waals surface area contributed by atoms with Crippen LogP contribution < -0.4 is 0 Å². The van der Waals surface area contributed by atoms with Crippen LogP contribution in [0.2, 0.25) is 5.02 Å². The third-order valence-corrected chi connectivity index (χ3v) is 4.54. The summed E-state index contributed by atoms with van der Waals surface area (Å²) < 4.78 is 0.